The molecule has 0 bridgehead atoms. The molecule has 0 atom stereocenters. The molecule has 1 aromatic rings. The van der Waals surface area contributed by atoms with Crippen LogP contribution in [-0.4, -0.2) is 53.0 Å². The molecule has 3 heterocycles. The molecule has 3 rings (SSSR count). The molecular formula is C17H28N4O3S. The van der Waals surface area contributed by atoms with Crippen LogP contribution < -0.4 is 5.56 Å². The minimum Gasteiger partial charge on any atom is -0.268 e. The van der Waals surface area contributed by atoms with Crippen LogP contribution >= 0.6 is 0 Å². The average Bonchev–Trinajstić information content (AvgIpc) is 2.89. The van der Waals surface area contributed by atoms with Crippen molar-refractivity contribution in [3.63, 3.8) is 0 Å². The zero-order valence-corrected chi connectivity index (χ0v) is 15.7. The van der Waals surface area contributed by atoms with Gasteiger partial charge in [-0.1, -0.05) is 12.8 Å². The number of aromatic nitrogens is 2. The molecule has 1 aromatic heterocycles. The minimum atomic E-state index is -3.34. The standard InChI is InChI=1S/C17H28N4O3S/c1-15-6-7-17(22)21(18-15)14-16-8-12-20(13-9-16)25(23,24)19-10-4-2-3-5-11-19/h6-7,16H,2-5,8-14H2,1H3. The molecule has 0 aliphatic carbocycles. The predicted molar refractivity (Wildman–Crippen MR) is 96.5 cm³/mol. The summed E-state index contributed by atoms with van der Waals surface area (Å²) in [6, 6.07) is 3.26. The van der Waals surface area contributed by atoms with E-state index in [2.05, 4.69) is 5.10 Å². The smallest absolute Gasteiger partial charge is 0.268 e. The van der Waals surface area contributed by atoms with Gasteiger partial charge < -0.3 is 0 Å². The van der Waals surface area contributed by atoms with Crippen molar-refractivity contribution in [2.45, 2.75) is 52.0 Å². The molecule has 2 aliphatic heterocycles. The maximum Gasteiger partial charge on any atom is 0.281 e. The Morgan fingerprint density at radius 1 is 1.00 bits per heavy atom. The molecule has 2 aliphatic rings. The Bertz CT molecular complexity index is 731. The molecule has 8 heteroatoms. The second-order valence-electron chi connectivity index (χ2n) is 7.16. The third kappa shape index (κ3) is 4.48. The molecule has 25 heavy (non-hydrogen) atoms. The highest BCUT2D eigenvalue weighted by molar-refractivity contribution is 7.86. The monoisotopic (exact) mass is 368 g/mol. The molecule has 2 saturated heterocycles. The van der Waals surface area contributed by atoms with Gasteiger partial charge in [-0.3, -0.25) is 4.79 Å². The van der Waals surface area contributed by atoms with Gasteiger partial charge in [0, 0.05) is 38.8 Å². The molecule has 7 nitrogen and oxygen atoms in total. The SMILES string of the molecule is Cc1ccc(=O)n(CC2CCN(S(=O)(=O)N3CCCCCC3)CC2)n1. The van der Waals surface area contributed by atoms with E-state index in [0.717, 1.165) is 44.2 Å². The molecule has 0 aromatic carbocycles. The minimum absolute atomic E-state index is 0.0924. The third-order valence-corrected chi connectivity index (χ3v) is 7.26. The highest BCUT2D eigenvalue weighted by Crippen LogP contribution is 2.24. The van der Waals surface area contributed by atoms with Crippen molar-refractivity contribution in [3.8, 4) is 0 Å². The molecular weight excluding hydrogens is 340 g/mol. The van der Waals surface area contributed by atoms with Gasteiger partial charge in [0.05, 0.1) is 5.69 Å². The summed E-state index contributed by atoms with van der Waals surface area (Å²) in [5, 5.41) is 4.28. The van der Waals surface area contributed by atoms with Gasteiger partial charge in [-0.05, 0) is 44.6 Å². The van der Waals surface area contributed by atoms with Crippen LogP contribution in [0.1, 0.15) is 44.2 Å². The quantitative estimate of drug-likeness (QED) is 0.805. The Morgan fingerprint density at radius 3 is 2.24 bits per heavy atom. The summed E-state index contributed by atoms with van der Waals surface area (Å²) in [6.07, 6.45) is 5.69. The Hall–Kier alpha value is -1.25. The fraction of sp³-hybridized carbons (Fsp3) is 0.765. The van der Waals surface area contributed by atoms with E-state index in [1.54, 1.807) is 20.7 Å². The topological polar surface area (TPSA) is 75.5 Å². The Kier molecular flexibility index (Phi) is 5.91. The number of rotatable bonds is 4. The van der Waals surface area contributed by atoms with Crippen LogP contribution in [0.15, 0.2) is 16.9 Å². The molecule has 140 valence electrons. The van der Waals surface area contributed by atoms with E-state index >= 15 is 0 Å². The van der Waals surface area contributed by atoms with Gasteiger partial charge in [-0.15, -0.1) is 0 Å². The van der Waals surface area contributed by atoms with Gasteiger partial charge in [0.15, 0.2) is 0 Å². The maximum absolute atomic E-state index is 12.8. The van der Waals surface area contributed by atoms with Crippen LogP contribution in [0, 0.1) is 12.8 Å². The first-order valence-electron chi connectivity index (χ1n) is 9.27. The van der Waals surface area contributed by atoms with E-state index in [9.17, 15) is 13.2 Å². The van der Waals surface area contributed by atoms with Crippen molar-refractivity contribution in [2.24, 2.45) is 5.92 Å². The second kappa shape index (κ2) is 7.97. The lowest BCUT2D eigenvalue weighted by atomic mass is 9.98. The zero-order valence-electron chi connectivity index (χ0n) is 14.9. The number of piperidine rings is 1. The summed E-state index contributed by atoms with van der Waals surface area (Å²) in [5.41, 5.74) is 0.728. The average molecular weight is 369 g/mol. The third-order valence-electron chi connectivity index (χ3n) is 5.22. The summed E-state index contributed by atoms with van der Waals surface area (Å²) >= 11 is 0. The van der Waals surface area contributed by atoms with Gasteiger partial charge in [-0.25, -0.2) is 4.68 Å². The maximum atomic E-state index is 12.8. The van der Waals surface area contributed by atoms with Crippen LogP contribution in [-0.2, 0) is 16.8 Å². The molecule has 0 unspecified atom stereocenters. The van der Waals surface area contributed by atoms with Gasteiger partial charge in [-0.2, -0.15) is 22.1 Å². The summed E-state index contributed by atoms with van der Waals surface area (Å²) in [5.74, 6) is 0.294. The molecule has 2 fully saturated rings. The summed E-state index contributed by atoms with van der Waals surface area (Å²) in [6.45, 7) is 4.79. The van der Waals surface area contributed by atoms with Crippen molar-refractivity contribution in [3.05, 3.63) is 28.2 Å². The summed E-state index contributed by atoms with van der Waals surface area (Å²) in [4.78, 5) is 11.9. The van der Waals surface area contributed by atoms with E-state index in [-0.39, 0.29) is 5.56 Å². The number of aryl methyl sites for hydroxylation is 1. The first-order valence-corrected chi connectivity index (χ1v) is 10.7. The van der Waals surface area contributed by atoms with E-state index in [0.29, 0.717) is 38.6 Å². The van der Waals surface area contributed by atoms with Crippen molar-refractivity contribution in [1.29, 1.82) is 0 Å². The first kappa shape index (κ1) is 18.5. The van der Waals surface area contributed by atoms with Crippen LogP contribution in [0.4, 0.5) is 0 Å². The number of hydrogen-bond acceptors (Lipinski definition) is 4. The lowest BCUT2D eigenvalue weighted by Crippen LogP contribution is -2.48. The van der Waals surface area contributed by atoms with Crippen molar-refractivity contribution in [1.82, 2.24) is 18.4 Å². The second-order valence-corrected chi connectivity index (χ2v) is 9.09. The summed E-state index contributed by atoms with van der Waals surface area (Å²) in [7, 11) is -3.34. The van der Waals surface area contributed by atoms with Crippen LogP contribution in [0.5, 0.6) is 0 Å². The Morgan fingerprint density at radius 2 is 1.60 bits per heavy atom. The van der Waals surface area contributed by atoms with Crippen molar-refractivity contribution < 1.29 is 8.42 Å². The largest absolute Gasteiger partial charge is 0.281 e. The predicted octanol–water partition coefficient (Wildman–Crippen LogP) is 1.38. The molecule has 0 spiro atoms. The molecule has 0 radical (unpaired) electrons. The van der Waals surface area contributed by atoms with Crippen LogP contribution in [0.2, 0.25) is 0 Å². The van der Waals surface area contributed by atoms with Gasteiger partial charge >= 0.3 is 0 Å². The van der Waals surface area contributed by atoms with Gasteiger partial charge in [0.25, 0.3) is 15.8 Å². The lowest BCUT2D eigenvalue weighted by molar-refractivity contribution is 0.231. The Balaban J connectivity index is 1.59. The van der Waals surface area contributed by atoms with Crippen molar-refractivity contribution in [2.75, 3.05) is 26.2 Å². The number of hydrogen-bond donors (Lipinski definition) is 0. The van der Waals surface area contributed by atoms with E-state index in [1.807, 2.05) is 6.92 Å². The highest BCUT2D eigenvalue weighted by Gasteiger charge is 2.33. The van der Waals surface area contributed by atoms with Crippen molar-refractivity contribution >= 4 is 10.2 Å². The molecule has 0 N–H and O–H groups in total. The number of nitrogens with zero attached hydrogens (tertiary/aromatic N) is 4. The van der Waals surface area contributed by atoms with E-state index in [4.69, 9.17) is 0 Å². The van der Waals surface area contributed by atoms with Gasteiger partial charge in [0.1, 0.15) is 0 Å². The van der Waals surface area contributed by atoms with Crippen LogP contribution in [0.3, 0.4) is 0 Å². The lowest BCUT2D eigenvalue weighted by Gasteiger charge is -2.34. The molecule has 0 saturated carbocycles. The fourth-order valence-electron chi connectivity index (χ4n) is 3.68. The van der Waals surface area contributed by atoms with E-state index < -0.39 is 10.2 Å². The highest BCUT2D eigenvalue weighted by atomic mass is 32.2. The van der Waals surface area contributed by atoms with Gasteiger partial charge in [0.2, 0.25) is 0 Å². The van der Waals surface area contributed by atoms with E-state index in [1.165, 1.54) is 4.68 Å². The molecule has 0 amide bonds. The zero-order chi connectivity index (χ0) is 17.9. The first-order chi connectivity index (χ1) is 12.0. The Labute approximate surface area is 149 Å². The summed E-state index contributed by atoms with van der Waals surface area (Å²) < 4.78 is 30.5. The van der Waals surface area contributed by atoms with Crippen LogP contribution in [0.25, 0.3) is 0 Å². The normalized spacial score (nSPS) is 22.0. The fourth-order valence-corrected chi connectivity index (χ4v) is 5.40.